The van der Waals surface area contributed by atoms with E-state index in [9.17, 15) is 0 Å². The number of nitrogens with one attached hydrogen (secondary N) is 1. The van der Waals surface area contributed by atoms with Crippen molar-refractivity contribution in [3.8, 4) is 5.88 Å². The Kier molecular flexibility index (Phi) is 3.48. The topological polar surface area (TPSA) is 80.4 Å². The van der Waals surface area contributed by atoms with Crippen molar-refractivity contribution in [2.24, 2.45) is 5.73 Å². The van der Waals surface area contributed by atoms with Gasteiger partial charge in [-0.3, -0.25) is 0 Å². The number of hydrogen-bond donors (Lipinski definition) is 3. The standard InChI is InChI=1S/C8H13N3O2/c1-13-8-3-2-6(4-11-8)10-5-7(9)12/h2-4,7,10,12H,5,9H2,1H3. The maximum Gasteiger partial charge on any atom is 0.213 e. The van der Waals surface area contributed by atoms with Crippen LogP contribution >= 0.6 is 0 Å². The van der Waals surface area contributed by atoms with E-state index < -0.39 is 6.23 Å². The van der Waals surface area contributed by atoms with Crippen molar-refractivity contribution in [3.63, 3.8) is 0 Å². The third kappa shape index (κ3) is 3.27. The Labute approximate surface area is 76.5 Å². The minimum Gasteiger partial charge on any atom is -0.481 e. The van der Waals surface area contributed by atoms with Gasteiger partial charge in [-0.15, -0.1) is 0 Å². The van der Waals surface area contributed by atoms with Crippen LogP contribution in [-0.4, -0.2) is 30.0 Å². The summed E-state index contributed by atoms with van der Waals surface area (Å²) in [6.07, 6.45) is 0.753. The van der Waals surface area contributed by atoms with E-state index in [2.05, 4.69) is 10.3 Å². The first kappa shape index (κ1) is 9.76. The van der Waals surface area contributed by atoms with Crippen LogP contribution in [0.15, 0.2) is 18.3 Å². The lowest BCUT2D eigenvalue weighted by atomic mass is 10.4. The van der Waals surface area contributed by atoms with Gasteiger partial charge in [0.15, 0.2) is 0 Å². The Morgan fingerprint density at radius 3 is 2.92 bits per heavy atom. The predicted octanol–water partition coefficient (Wildman–Crippen LogP) is -0.221. The Bertz CT molecular complexity index is 248. The average Bonchev–Trinajstić information content (AvgIpc) is 2.15. The van der Waals surface area contributed by atoms with Gasteiger partial charge in [0.1, 0.15) is 6.23 Å². The number of nitrogens with two attached hydrogens (primary N) is 1. The molecule has 0 aliphatic carbocycles. The van der Waals surface area contributed by atoms with E-state index in [0.29, 0.717) is 12.4 Å². The van der Waals surface area contributed by atoms with Crippen LogP contribution in [0.25, 0.3) is 0 Å². The lowest BCUT2D eigenvalue weighted by Crippen LogP contribution is -2.28. The maximum absolute atomic E-state index is 8.78. The summed E-state index contributed by atoms with van der Waals surface area (Å²) in [4.78, 5) is 3.97. The van der Waals surface area contributed by atoms with Crippen LogP contribution in [0.1, 0.15) is 0 Å². The molecule has 0 saturated heterocycles. The van der Waals surface area contributed by atoms with Gasteiger partial charge in [0.05, 0.1) is 25.5 Å². The van der Waals surface area contributed by atoms with Crippen molar-refractivity contribution in [2.45, 2.75) is 6.23 Å². The van der Waals surface area contributed by atoms with E-state index in [1.54, 1.807) is 25.4 Å². The highest BCUT2D eigenvalue weighted by Crippen LogP contribution is 2.10. The van der Waals surface area contributed by atoms with E-state index in [1.165, 1.54) is 0 Å². The molecular weight excluding hydrogens is 170 g/mol. The molecule has 1 rings (SSSR count). The molecule has 1 aromatic rings. The van der Waals surface area contributed by atoms with E-state index >= 15 is 0 Å². The molecule has 5 heteroatoms. The van der Waals surface area contributed by atoms with E-state index in [0.717, 1.165) is 5.69 Å². The number of aliphatic hydroxyl groups is 1. The minimum absolute atomic E-state index is 0.300. The molecule has 0 aliphatic heterocycles. The first-order valence-corrected chi connectivity index (χ1v) is 3.90. The van der Waals surface area contributed by atoms with Gasteiger partial charge in [0, 0.05) is 6.07 Å². The van der Waals surface area contributed by atoms with Crippen LogP contribution in [0.2, 0.25) is 0 Å². The van der Waals surface area contributed by atoms with Crippen LogP contribution in [0.3, 0.4) is 0 Å². The van der Waals surface area contributed by atoms with Crippen LogP contribution < -0.4 is 15.8 Å². The SMILES string of the molecule is COc1ccc(NCC(N)O)cn1. The summed E-state index contributed by atoms with van der Waals surface area (Å²) in [6, 6.07) is 3.53. The smallest absolute Gasteiger partial charge is 0.213 e. The Balaban J connectivity index is 2.49. The molecule has 0 aromatic carbocycles. The van der Waals surface area contributed by atoms with Crippen molar-refractivity contribution >= 4 is 5.69 Å². The van der Waals surface area contributed by atoms with Gasteiger partial charge >= 0.3 is 0 Å². The Hall–Kier alpha value is -1.33. The molecule has 1 atom stereocenters. The quantitative estimate of drug-likeness (QED) is 0.562. The molecule has 0 radical (unpaired) electrons. The molecule has 0 bridgehead atoms. The summed E-state index contributed by atoms with van der Waals surface area (Å²) in [5.74, 6) is 0.554. The lowest BCUT2D eigenvalue weighted by molar-refractivity contribution is 0.196. The summed E-state index contributed by atoms with van der Waals surface area (Å²) >= 11 is 0. The molecule has 1 unspecified atom stereocenters. The number of pyridine rings is 1. The first-order chi connectivity index (χ1) is 6.22. The highest BCUT2D eigenvalue weighted by atomic mass is 16.5. The zero-order valence-corrected chi connectivity index (χ0v) is 7.40. The number of nitrogens with zero attached hydrogens (tertiary/aromatic N) is 1. The predicted molar refractivity (Wildman–Crippen MR) is 49.5 cm³/mol. The Morgan fingerprint density at radius 1 is 1.69 bits per heavy atom. The van der Waals surface area contributed by atoms with Crippen molar-refractivity contribution in [2.75, 3.05) is 19.0 Å². The molecular formula is C8H13N3O2. The number of ether oxygens (including phenoxy) is 1. The molecule has 0 spiro atoms. The fourth-order valence-electron chi connectivity index (χ4n) is 0.828. The number of anilines is 1. The van der Waals surface area contributed by atoms with Gasteiger partial charge in [0.2, 0.25) is 5.88 Å². The molecule has 13 heavy (non-hydrogen) atoms. The second kappa shape index (κ2) is 4.64. The summed E-state index contributed by atoms with van der Waals surface area (Å²) in [6.45, 7) is 0.300. The van der Waals surface area contributed by atoms with Crippen LogP contribution in [0.5, 0.6) is 5.88 Å². The third-order valence-electron chi connectivity index (χ3n) is 1.46. The largest absolute Gasteiger partial charge is 0.481 e. The van der Waals surface area contributed by atoms with Crippen LogP contribution in [0.4, 0.5) is 5.69 Å². The molecule has 0 saturated carbocycles. The Morgan fingerprint density at radius 2 is 2.46 bits per heavy atom. The van der Waals surface area contributed by atoms with Gasteiger partial charge in [-0.05, 0) is 6.07 Å². The molecule has 1 heterocycles. The van der Waals surface area contributed by atoms with Gasteiger partial charge in [-0.25, -0.2) is 4.98 Å². The van der Waals surface area contributed by atoms with Crippen LogP contribution in [0, 0.1) is 0 Å². The van der Waals surface area contributed by atoms with Gasteiger partial charge in [0.25, 0.3) is 0 Å². The zero-order valence-electron chi connectivity index (χ0n) is 7.40. The van der Waals surface area contributed by atoms with Gasteiger partial charge in [-0.1, -0.05) is 0 Å². The van der Waals surface area contributed by atoms with E-state index in [-0.39, 0.29) is 0 Å². The van der Waals surface area contributed by atoms with Crippen molar-refractivity contribution in [3.05, 3.63) is 18.3 Å². The molecule has 0 aliphatic rings. The fraction of sp³-hybridized carbons (Fsp3) is 0.375. The fourth-order valence-corrected chi connectivity index (χ4v) is 0.828. The highest BCUT2D eigenvalue weighted by Gasteiger charge is 1.97. The van der Waals surface area contributed by atoms with Crippen molar-refractivity contribution < 1.29 is 9.84 Å². The zero-order chi connectivity index (χ0) is 9.68. The lowest BCUT2D eigenvalue weighted by Gasteiger charge is -2.07. The maximum atomic E-state index is 8.78. The summed E-state index contributed by atoms with van der Waals surface area (Å²) in [5.41, 5.74) is 5.94. The summed E-state index contributed by atoms with van der Waals surface area (Å²) in [5, 5.41) is 11.7. The molecule has 0 amide bonds. The second-order valence-electron chi connectivity index (χ2n) is 2.54. The molecule has 72 valence electrons. The highest BCUT2D eigenvalue weighted by molar-refractivity contribution is 5.41. The van der Waals surface area contributed by atoms with E-state index in [4.69, 9.17) is 15.6 Å². The molecule has 0 fully saturated rings. The summed E-state index contributed by atoms with van der Waals surface area (Å²) in [7, 11) is 1.55. The monoisotopic (exact) mass is 183 g/mol. The van der Waals surface area contributed by atoms with Gasteiger partial charge < -0.3 is 20.9 Å². The second-order valence-corrected chi connectivity index (χ2v) is 2.54. The molecule has 4 N–H and O–H groups in total. The number of methoxy groups -OCH3 is 1. The number of aliphatic hydroxyl groups excluding tert-OH is 1. The van der Waals surface area contributed by atoms with Crippen molar-refractivity contribution in [1.82, 2.24) is 4.98 Å². The number of rotatable bonds is 4. The molecule has 1 aromatic heterocycles. The third-order valence-corrected chi connectivity index (χ3v) is 1.46. The van der Waals surface area contributed by atoms with E-state index in [1.807, 2.05) is 0 Å². The number of aromatic nitrogens is 1. The van der Waals surface area contributed by atoms with Crippen molar-refractivity contribution in [1.29, 1.82) is 0 Å². The molecule has 5 nitrogen and oxygen atoms in total. The number of hydrogen-bond acceptors (Lipinski definition) is 5. The minimum atomic E-state index is -0.859. The normalized spacial score (nSPS) is 12.2. The van der Waals surface area contributed by atoms with Gasteiger partial charge in [-0.2, -0.15) is 0 Å². The van der Waals surface area contributed by atoms with Crippen LogP contribution in [-0.2, 0) is 0 Å². The summed E-state index contributed by atoms with van der Waals surface area (Å²) < 4.78 is 4.88. The first-order valence-electron chi connectivity index (χ1n) is 3.90. The average molecular weight is 183 g/mol.